The molecule has 0 aromatic rings. The summed E-state index contributed by atoms with van der Waals surface area (Å²) in [5.41, 5.74) is 4.13. The lowest BCUT2D eigenvalue weighted by Gasteiger charge is -1.94. The van der Waals surface area contributed by atoms with Gasteiger partial charge in [0.15, 0.2) is 0 Å². The first-order chi connectivity index (χ1) is 5.38. The van der Waals surface area contributed by atoms with E-state index in [-0.39, 0.29) is 0 Å². The fourth-order valence-electron chi connectivity index (χ4n) is 0.763. The number of rotatable bonds is 3. The van der Waals surface area contributed by atoms with Crippen LogP contribution < -0.4 is 10.3 Å². The Morgan fingerprint density at radius 1 is 1.64 bits per heavy atom. The molecular weight excluding hydrogens is 156 g/mol. The minimum Gasteiger partial charge on any atom is -0.310 e. The summed E-state index contributed by atoms with van der Waals surface area (Å²) in [6.45, 7) is 5.82. The van der Waals surface area contributed by atoms with Gasteiger partial charge in [-0.3, -0.25) is 0 Å². The van der Waals surface area contributed by atoms with E-state index in [4.69, 9.17) is 0 Å². The molecule has 0 aromatic heterocycles. The first kappa shape index (κ1) is 8.43. The van der Waals surface area contributed by atoms with Crippen molar-refractivity contribution in [1.29, 1.82) is 0 Å². The van der Waals surface area contributed by atoms with Crippen LogP contribution in [0.4, 0.5) is 0 Å². The van der Waals surface area contributed by atoms with Crippen molar-refractivity contribution in [2.75, 3.05) is 0 Å². The van der Waals surface area contributed by atoms with Crippen LogP contribution in [0.2, 0.25) is 0 Å². The molecule has 0 aromatic carbocycles. The van der Waals surface area contributed by atoms with E-state index in [1.165, 1.54) is 0 Å². The summed E-state index contributed by atoms with van der Waals surface area (Å²) in [7, 11) is 0. The number of allylic oxidation sites excluding steroid dienone is 3. The molecule has 0 unspecified atom stereocenters. The molecule has 1 aliphatic heterocycles. The molecule has 1 aliphatic rings. The van der Waals surface area contributed by atoms with Gasteiger partial charge in [-0.15, -0.1) is 0 Å². The van der Waals surface area contributed by atoms with Gasteiger partial charge in [-0.25, -0.2) is 0 Å². The molecule has 11 heavy (non-hydrogen) atoms. The Labute approximate surface area is 71.5 Å². The molecule has 60 valence electrons. The minimum atomic E-state index is 1.06. The monoisotopic (exact) mass is 168 g/mol. The maximum Gasteiger partial charge on any atom is 0.0643 e. The predicted octanol–water partition coefficient (Wildman–Crippen LogP) is 2.11. The van der Waals surface area contributed by atoms with Crippen molar-refractivity contribution >= 4 is 11.9 Å². The highest BCUT2D eigenvalue weighted by Gasteiger charge is 2.07. The van der Waals surface area contributed by atoms with Gasteiger partial charge in [-0.1, -0.05) is 25.7 Å². The first-order valence-corrected chi connectivity index (χ1v) is 4.41. The second kappa shape index (κ2) is 4.26. The van der Waals surface area contributed by atoms with Gasteiger partial charge in [0, 0.05) is 4.91 Å². The number of nitrogens with one attached hydrogen (secondary N) is 2. The molecular formula is C8H12N2S. The molecule has 3 heteroatoms. The second-order valence-corrected chi connectivity index (χ2v) is 2.97. The maximum atomic E-state index is 3.71. The second-order valence-electron chi connectivity index (χ2n) is 2.12. The zero-order valence-corrected chi connectivity index (χ0v) is 7.37. The van der Waals surface area contributed by atoms with Crippen LogP contribution in [0, 0.1) is 0 Å². The van der Waals surface area contributed by atoms with Gasteiger partial charge in [-0.2, -0.15) is 4.83 Å². The molecule has 2 N–H and O–H groups in total. The molecule has 0 spiro atoms. The summed E-state index contributed by atoms with van der Waals surface area (Å²) in [6.07, 6.45) is 7.07. The fraction of sp³-hybridized carbons (Fsp3) is 0.250. The molecule has 1 rings (SSSR count). The van der Waals surface area contributed by atoms with Crippen molar-refractivity contribution in [1.82, 2.24) is 10.3 Å². The number of hydrogen-bond donors (Lipinski definition) is 2. The molecule has 0 saturated heterocycles. The van der Waals surface area contributed by atoms with Crippen LogP contribution in [0.25, 0.3) is 0 Å². The van der Waals surface area contributed by atoms with Crippen molar-refractivity contribution in [2.24, 2.45) is 0 Å². The van der Waals surface area contributed by atoms with Crippen molar-refractivity contribution in [3.63, 3.8) is 0 Å². The van der Waals surface area contributed by atoms with Crippen LogP contribution in [-0.4, -0.2) is 0 Å². The first-order valence-electron chi connectivity index (χ1n) is 3.59. The average Bonchev–Trinajstić information content (AvgIpc) is 2.47. The van der Waals surface area contributed by atoms with Crippen LogP contribution in [0.3, 0.4) is 0 Å². The smallest absolute Gasteiger partial charge is 0.0643 e. The maximum absolute atomic E-state index is 3.71. The zero-order chi connectivity index (χ0) is 8.10. The average molecular weight is 168 g/mol. The van der Waals surface area contributed by atoms with Crippen molar-refractivity contribution in [2.45, 2.75) is 13.3 Å². The minimum absolute atomic E-state index is 1.06. The highest BCUT2D eigenvalue weighted by Crippen LogP contribution is 2.21. The summed E-state index contributed by atoms with van der Waals surface area (Å²) >= 11 is 1.55. The Hall–Kier alpha value is -0.670. The van der Waals surface area contributed by atoms with Gasteiger partial charge in [0.1, 0.15) is 0 Å². The summed E-state index contributed by atoms with van der Waals surface area (Å²) in [6, 6.07) is 0. The summed E-state index contributed by atoms with van der Waals surface area (Å²) < 4.78 is 0. The fourth-order valence-corrected chi connectivity index (χ4v) is 1.35. The Balaban J connectivity index is 2.66. The van der Waals surface area contributed by atoms with E-state index in [2.05, 4.69) is 35.9 Å². The van der Waals surface area contributed by atoms with Gasteiger partial charge < -0.3 is 5.43 Å². The lowest BCUT2D eigenvalue weighted by Crippen LogP contribution is -2.17. The van der Waals surface area contributed by atoms with Crippen molar-refractivity contribution in [3.8, 4) is 0 Å². The quantitative estimate of drug-likeness (QED) is 0.631. The van der Waals surface area contributed by atoms with E-state index < -0.39 is 0 Å². The largest absolute Gasteiger partial charge is 0.310 e. The van der Waals surface area contributed by atoms with E-state index >= 15 is 0 Å². The molecule has 0 aliphatic carbocycles. The van der Waals surface area contributed by atoms with Gasteiger partial charge in [0.05, 0.1) is 5.70 Å². The highest BCUT2D eigenvalue weighted by molar-refractivity contribution is 8.01. The number of hydrazine groups is 1. The topological polar surface area (TPSA) is 24.1 Å². The van der Waals surface area contributed by atoms with E-state index in [9.17, 15) is 0 Å². The van der Waals surface area contributed by atoms with Gasteiger partial charge in [0.2, 0.25) is 0 Å². The van der Waals surface area contributed by atoms with E-state index in [1.807, 2.05) is 6.08 Å². The van der Waals surface area contributed by atoms with Crippen LogP contribution in [-0.2, 0) is 0 Å². The normalized spacial score (nSPS) is 17.5. The lowest BCUT2D eigenvalue weighted by atomic mass is 10.3. The predicted molar refractivity (Wildman–Crippen MR) is 50.5 cm³/mol. The summed E-state index contributed by atoms with van der Waals surface area (Å²) in [5, 5.41) is 0. The summed E-state index contributed by atoms with van der Waals surface area (Å²) in [4.78, 5) is 4.10. The van der Waals surface area contributed by atoms with E-state index in [0.29, 0.717) is 0 Å². The molecule has 0 radical (unpaired) electrons. The third kappa shape index (κ3) is 2.13. The number of hydrogen-bond acceptors (Lipinski definition) is 3. The van der Waals surface area contributed by atoms with Gasteiger partial charge in [0.25, 0.3) is 0 Å². The Kier molecular flexibility index (Phi) is 3.26. The van der Waals surface area contributed by atoms with E-state index in [1.54, 1.807) is 11.9 Å². The third-order valence-corrected chi connectivity index (χ3v) is 2.13. The Bertz CT molecular complexity index is 206. The summed E-state index contributed by atoms with van der Waals surface area (Å²) in [5.74, 6) is 0. The van der Waals surface area contributed by atoms with Crippen LogP contribution >= 0.6 is 11.9 Å². The molecule has 0 fully saturated rings. The molecule has 0 atom stereocenters. The Morgan fingerprint density at radius 3 is 3.09 bits per heavy atom. The van der Waals surface area contributed by atoms with Crippen LogP contribution in [0.1, 0.15) is 13.3 Å². The van der Waals surface area contributed by atoms with Gasteiger partial charge >= 0.3 is 0 Å². The third-order valence-electron chi connectivity index (χ3n) is 1.32. The molecule has 0 amide bonds. The van der Waals surface area contributed by atoms with Crippen LogP contribution in [0.5, 0.6) is 0 Å². The van der Waals surface area contributed by atoms with E-state index in [0.717, 1.165) is 17.0 Å². The molecule has 0 bridgehead atoms. The highest BCUT2D eigenvalue weighted by atomic mass is 32.2. The zero-order valence-electron chi connectivity index (χ0n) is 6.55. The standard InChI is InChI=1S/C8H12N2S/c1-3-5-6-7-8(4-2)11-10-9-7/h4-6,9-10H,2-3H2,1H3/b6-5-. The molecule has 1 heterocycles. The molecule has 2 nitrogen and oxygen atoms in total. The SMILES string of the molecule is C=CC1=C(/C=C\CC)NNS1. The van der Waals surface area contributed by atoms with Crippen LogP contribution in [0.15, 0.2) is 35.4 Å². The van der Waals surface area contributed by atoms with Gasteiger partial charge in [-0.05, 0) is 24.4 Å². The Morgan fingerprint density at radius 2 is 2.45 bits per heavy atom. The van der Waals surface area contributed by atoms with Crippen molar-refractivity contribution in [3.05, 3.63) is 35.4 Å². The lowest BCUT2D eigenvalue weighted by molar-refractivity contribution is 0.854. The van der Waals surface area contributed by atoms with Crippen molar-refractivity contribution < 1.29 is 0 Å². The molecule has 0 saturated carbocycles.